The molecule has 0 atom stereocenters. The van der Waals surface area contributed by atoms with Crippen molar-refractivity contribution in [3.63, 3.8) is 0 Å². The minimum Gasteiger partial charge on any atom is -0.490 e. The Balaban J connectivity index is 2.96. The summed E-state index contributed by atoms with van der Waals surface area (Å²) < 4.78 is 47.5. The Hall–Kier alpha value is -1.43. The van der Waals surface area contributed by atoms with Crippen LogP contribution in [0, 0.1) is 0 Å². The SMILES string of the molecule is CCOc1cccc(CNC(C)(C)C)c1OCC(F)(F)F. The lowest BCUT2D eigenvalue weighted by Gasteiger charge is -2.22. The first kappa shape index (κ1) is 17.6. The van der Waals surface area contributed by atoms with Crippen molar-refractivity contribution in [1.29, 1.82) is 0 Å². The van der Waals surface area contributed by atoms with Gasteiger partial charge in [-0.25, -0.2) is 0 Å². The Morgan fingerprint density at radius 1 is 1.10 bits per heavy atom. The summed E-state index contributed by atoms with van der Waals surface area (Å²) in [6.07, 6.45) is -4.38. The van der Waals surface area contributed by atoms with Crippen LogP contribution in [0.25, 0.3) is 0 Å². The number of hydrogen-bond acceptors (Lipinski definition) is 3. The van der Waals surface area contributed by atoms with Crippen LogP contribution in [-0.2, 0) is 6.54 Å². The Labute approximate surface area is 123 Å². The summed E-state index contributed by atoms with van der Waals surface area (Å²) in [6, 6.07) is 5.08. The number of halogens is 3. The Kier molecular flexibility index (Phi) is 5.89. The predicted molar refractivity (Wildman–Crippen MR) is 75.8 cm³/mol. The lowest BCUT2D eigenvalue weighted by molar-refractivity contribution is -0.153. The fraction of sp³-hybridized carbons (Fsp3) is 0.600. The number of rotatable bonds is 6. The van der Waals surface area contributed by atoms with Crippen molar-refractivity contribution in [2.75, 3.05) is 13.2 Å². The highest BCUT2D eigenvalue weighted by Gasteiger charge is 2.29. The van der Waals surface area contributed by atoms with E-state index in [0.29, 0.717) is 24.5 Å². The molecule has 3 nitrogen and oxygen atoms in total. The molecule has 1 rings (SSSR count). The number of hydrogen-bond donors (Lipinski definition) is 1. The smallest absolute Gasteiger partial charge is 0.422 e. The summed E-state index contributed by atoms with van der Waals surface area (Å²) in [7, 11) is 0. The normalized spacial score (nSPS) is 12.3. The van der Waals surface area contributed by atoms with Crippen LogP contribution in [0.4, 0.5) is 13.2 Å². The molecule has 1 aromatic carbocycles. The third kappa shape index (κ3) is 6.71. The Morgan fingerprint density at radius 3 is 2.29 bits per heavy atom. The van der Waals surface area contributed by atoms with Crippen LogP contribution in [0.15, 0.2) is 18.2 Å². The number of alkyl halides is 3. The lowest BCUT2D eigenvalue weighted by Crippen LogP contribution is -2.35. The second-order valence-corrected chi connectivity index (χ2v) is 5.68. The van der Waals surface area contributed by atoms with Crippen LogP contribution in [0.1, 0.15) is 33.3 Å². The summed E-state index contributed by atoms with van der Waals surface area (Å²) in [6.45, 7) is 7.14. The zero-order chi connectivity index (χ0) is 16.1. The molecule has 0 saturated heterocycles. The van der Waals surface area contributed by atoms with Crippen molar-refractivity contribution < 1.29 is 22.6 Å². The van der Waals surface area contributed by atoms with E-state index in [1.54, 1.807) is 25.1 Å². The van der Waals surface area contributed by atoms with E-state index in [9.17, 15) is 13.2 Å². The van der Waals surface area contributed by atoms with Gasteiger partial charge in [-0.3, -0.25) is 0 Å². The first-order valence-electron chi connectivity index (χ1n) is 6.81. The molecule has 0 aliphatic carbocycles. The standard InChI is InChI=1S/C15H22F3NO2/c1-5-20-12-8-6-7-11(9-19-14(2,3)4)13(12)21-10-15(16,17)18/h6-8,19H,5,9-10H2,1-4H3. The summed E-state index contributed by atoms with van der Waals surface area (Å²) in [5.41, 5.74) is 0.489. The fourth-order valence-electron chi connectivity index (χ4n) is 1.65. The van der Waals surface area contributed by atoms with Gasteiger partial charge in [0.2, 0.25) is 0 Å². The fourth-order valence-corrected chi connectivity index (χ4v) is 1.65. The molecule has 120 valence electrons. The molecule has 0 bridgehead atoms. The number of nitrogens with one attached hydrogen (secondary N) is 1. The number of benzene rings is 1. The molecule has 0 radical (unpaired) electrons. The molecule has 0 spiro atoms. The van der Waals surface area contributed by atoms with E-state index >= 15 is 0 Å². The van der Waals surface area contributed by atoms with Crippen molar-refractivity contribution in [2.45, 2.75) is 46.0 Å². The predicted octanol–water partition coefficient (Wildman–Crippen LogP) is 3.91. The average molecular weight is 305 g/mol. The van der Waals surface area contributed by atoms with E-state index in [2.05, 4.69) is 5.32 Å². The van der Waals surface area contributed by atoms with Gasteiger partial charge in [-0.1, -0.05) is 12.1 Å². The monoisotopic (exact) mass is 305 g/mol. The van der Waals surface area contributed by atoms with Gasteiger partial charge in [-0.2, -0.15) is 13.2 Å². The van der Waals surface area contributed by atoms with E-state index in [4.69, 9.17) is 9.47 Å². The third-order valence-electron chi connectivity index (χ3n) is 2.55. The molecule has 0 unspecified atom stereocenters. The summed E-state index contributed by atoms with van der Waals surface area (Å²) in [5, 5.41) is 3.23. The maximum atomic E-state index is 12.4. The van der Waals surface area contributed by atoms with E-state index in [0.717, 1.165) is 0 Å². The second-order valence-electron chi connectivity index (χ2n) is 5.68. The van der Waals surface area contributed by atoms with Crippen LogP contribution in [0.3, 0.4) is 0 Å². The first-order chi connectivity index (χ1) is 9.62. The van der Waals surface area contributed by atoms with Gasteiger partial charge in [-0.15, -0.1) is 0 Å². The molecule has 0 amide bonds. The van der Waals surface area contributed by atoms with Gasteiger partial charge in [-0.05, 0) is 33.8 Å². The van der Waals surface area contributed by atoms with E-state index in [1.165, 1.54) is 0 Å². The lowest BCUT2D eigenvalue weighted by atomic mass is 10.1. The highest BCUT2D eigenvalue weighted by molar-refractivity contribution is 5.46. The van der Waals surface area contributed by atoms with Crippen molar-refractivity contribution in [3.05, 3.63) is 23.8 Å². The molecule has 0 aliphatic rings. The topological polar surface area (TPSA) is 30.5 Å². The molecular weight excluding hydrogens is 283 g/mol. The van der Waals surface area contributed by atoms with Gasteiger partial charge >= 0.3 is 6.18 Å². The average Bonchev–Trinajstić information content (AvgIpc) is 2.33. The third-order valence-corrected chi connectivity index (χ3v) is 2.55. The van der Waals surface area contributed by atoms with Crippen LogP contribution in [-0.4, -0.2) is 24.9 Å². The summed E-state index contributed by atoms with van der Waals surface area (Å²) in [5.74, 6) is 0.475. The molecule has 0 fully saturated rings. The maximum Gasteiger partial charge on any atom is 0.422 e. The molecule has 0 aliphatic heterocycles. The number of para-hydroxylation sites is 1. The van der Waals surface area contributed by atoms with Gasteiger partial charge in [0.25, 0.3) is 0 Å². The van der Waals surface area contributed by atoms with Gasteiger partial charge in [0.05, 0.1) is 6.61 Å². The minimum atomic E-state index is -4.38. The van der Waals surface area contributed by atoms with Gasteiger partial charge in [0.1, 0.15) is 0 Å². The minimum absolute atomic E-state index is 0.147. The van der Waals surface area contributed by atoms with Crippen LogP contribution >= 0.6 is 0 Å². The molecule has 1 N–H and O–H groups in total. The van der Waals surface area contributed by atoms with E-state index < -0.39 is 12.8 Å². The highest BCUT2D eigenvalue weighted by Crippen LogP contribution is 2.33. The van der Waals surface area contributed by atoms with Crippen LogP contribution in [0.2, 0.25) is 0 Å². The Morgan fingerprint density at radius 2 is 1.76 bits per heavy atom. The highest BCUT2D eigenvalue weighted by atomic mass is 19.4. The summed E-state index contributed by atoms with van der Waals surface area (Å²) in [4.78, 5) is 0. The van der Waals surface area contributed by atoms with Gasteiger partial charge in [0.15, 0.2) is 18.1 Å². The molecule has 21 heavy (non-hydrogen) atoms. The first-order valence-corrected chi connectivity index (χ1v) is 6.81. The summed E-state index contributed by atoms with van der Waals surface area (Å²) >= 11 is 0. The molecule has 1 aromatic rings. The van der Waals surface area contributed by atoms with Crippen molar-refractivity contribution >= 4 is 0 Å². The number of ether oxygens (including phenoxy) is 2. The molecular formula is C15H22F3NO2. The van der Waals surface area contributed by atoms with Crippen molar-refractivity contribution in [2.24, 2.45) is 0 Å². The molecule has 0 aromatic heterocycles. The van der Waals surface area contributed by atoms with Crippen LogP contribution in [0.5, 0.6) is 11.5 Å². The van der Waals surface area contributed by atoms with Crippen LogP contribution < -0.4 is 14.8 Å². The quantitative estimate of drug-likeness (QED) is 0.864. The zero-order valence-electron chi connectivity index (χ0n) is 12.8. The maximum absolute atomic E-state index is 12.4. The van der Waals surface area contributed by atoms with Gasteiger partial charge in [0, 0.05) is 17.6 Å². The largest absolute Gasteiger partial charge is 0.490 e. The molecule has 6 heteroatoms. The second kappa shape index (κ2) is 7.02. The zero-order valence-corrected chi connectivity index (χ0v) is 12.8. The van der Waals surface area contributed by atoms with E-state index in [-0.39, 0.29) is 11.3 Å². The van der Waals surface area contributed by atoms with Crippen molar-refractivity contribution in [1.82, 2.24) is 5.32 Å². The Bertz CT molecular complexity index is 453. The van der Waals surface area contributed by atoms with E-state index in [1.807, 2.05) is 20.8 Å². The molecule has 0 heterocycles. The van der Waals surface area contributed by atoms with Gasteiger partial charge < -0.3 is 14.8 Å². The molecule has 0 saturated carbocycles. The van der Waals surface area contributed by atoms with Crippen molar-refractivity contribution in [3.8, 4) is 11.5 Å².